The van der Waals surface area contributed by atoms with E-state index in [0.29, 0.717) is 6.54 Å². The van der Waals surface area contributed by atoms with Crippen molar-refractivity contribution < 1.29 is 17.5 Å². The Balaban J connectivity index is 1.72. The van der Waals surface area contributed by atoms with Crippen molar-refractivity contribution in [2.24, 2.45) is 5.41 Å². The van der Waals surface area contributed by atoms with Gasteiger partial charge in [0.15, 0.2) is 5.03 Å². The number of aromatic nitrogens is 1. The van der Waals surface area contributed by atoms with Gasteiger partial charge in [0.2, 0.25) is 0 Å². The van der Waals surface area contributed by atoms with Crippen molar-refractivity contribution in [2.45, 2.75) is 50.2 Å². The van der Waals surface area contributed by atoms with Crippen LogP contribution >= 0.6 is 0 Å². The Hall–Kier alpha value is -1.05. The second kappa shape index (κ2) is 5.86. The largest absolute Gasteiger partial charge is 0.378 e. The number of sulfonamides is 1. The van der Waals surface area contributed by atoms with Crippen LogP contribution < -0.4 is 4.72 Å². The number of nitrogens with zero attached hydrogens (tertiary/aromatic N) is 1. The zero-order valence-electron chi connectivity index (χ0n) is 12.6. The first-order valence-corrected chi connectivity index (χ1v) is 9.16. The van der Waals surface area contributed by atoms with Crippen LogP contribution in [-0.4, -0.2) is 32.7 Å². The maximum atomic E-state index is 13.2. The van der Waals surface area contributed by atoms with Crippen LogP contribution in [0, 0.1) is 18.2 Å². The van der Waals surface area contributed by atoms with Crippen LogP contribution in [0.1, 0.15) is 37.8 Å². The number of halogens is 1. The summed E-state index contributed by atoms with van der Waals surface area (Å²) in [5, 5.41) is -0.131. The highest BCUT2D eigenvalue weighted by Crippen LogP contribution is 2.47. The Morgan fingerprint density at radius 1 is 1.41 bits per heavy atom. The van der Waals surface area contributed by atoms with Crippen molar-refractivity contribution in [3.63, 3.8) is 0 Å². The van der Waals surface area contributed by atoms with E-state index in [-0.39, 0.29) is 22.2 Å². The predicted molar refractivity (Wildman–Crippen MR) is 79.4 cm³/mol. The highest BCUT2D eigenvalue weighted by molar-refractivity contribution is 7.89. The summed E-state index contributed by atoms with van der Waals surface area (Å²) in [7, 11) is -3.72. The van der Waals surface area contributed by atoms with Crippen molar-refractivity contribution in [3.05, 3.63) is 23.6 Å². The quantitative estimate of drug-likeness (QED) is 0.899. The first-order valence-electron chi connectivity index (χ1n) is 7.67. The van der Waals surface area contributed by atoms with E-state index in [0.717, 1.165) is 44.8 Å². The third-order valence-corrected chi connectivity index (χ3v) is 6.15. The number of aryl methyl sites for hydroxylation is 1. The molecule has 0 spiro atoms. The van der Waals surface area contributed by atoms with Crippen molar-refractivity contribution in [3.8, 4) is 0 Å². The summed E-state index contributed by atoms with van der Waals surface area (Å²) in [6, 6.07) is 2.33. The molecule has 2 fully saturated rings. The van der Waals surface area contributed by atoms with E-state index in [1.54, 1.807) is 0 Å². The molecule has 0 aromatic carbocycles. The third-order valence-electron chi connectivity index (χ3n) is 4.85. The maximum Gasteiger partial charge on any atom is 0.258 e. The van der Waals surface area contributed by atoms with E-state index in [9.17, 15) is 12.8 Å². The number of ether oxygens (including phenoxy) is 1. The second-order valence-corrected chi connectivity index (χ2v) is 7.97. The van der Waals surface area contributed by atoms with Gasteiger partial charge >= 0.3 is 0 Å². The van der Waals surface area contributed by atoms with Crippen molar-refractivity contribution >= 4 is 10.0 Å². The third kappa shape index (κ3) is 2.89. The van der Waals surface area contributed by atoms with Crippen molar-refractivity contribution in [1.82, 2.24) is 9.71 Å². The molecule has 1 atom stereocenters. The van der Waals surface area contributed by atoms with Gasteiger partial charge in [0.25, 0.3) is 10.0 Å². The molecule has 3 rings (SSSR count). The van der Waals surface area contributed by atoms with Crippen LogP contribution in [0.2, 0.25) is 0 Å². The molecule has 2 heterocycles. The van der Waals surface area contributed by atoms with Gasteiger partial charge in [-0.1, -0.05) is 6.42 Å². The number of pyridine rings is 1. The maximum absolute atomic E-state index is 13.2. The summed E-state index contributed by atoms with van der Waals surface area (Å²) in [5.41, 5.74) is -0.00101. The number of rotatable bonds is 5. The zero-order chi connectivity index (χ0) is 15.8. The minimum absolute atomic E-state index is 0.0837. The van der Waals surface area contributed by atoms with Gasteiger partial charge in [-0.15, -0.1) is 0 Å². The standard InChI is InChI=1S/C15H21FN2O3S/c1-11-12(16)5-6-14(18-11)22(19,20)17-10-15(7-3-8-15)13-4-2-9-21-13/h5-6,13,17H,2-4,7-10H2,1H3. The van der Waals surface area contributed by atoms with E-state index in [2.05, 4.69) is 9.71 Å². The first-order chi connectivity index (χ1) is 10.4. The number of hydrogen-bond donors (Lipinski definition) is 1. The summed E-state index contributed by atoms with van der Waals surface area (Å²) in [5.74, 6) is -0.506. The Bertz CT molecular complexity index is 653. The fourth-order valence-corrected chi connectivity index (χ4v) is 4.42. The smallest absolute Gasteiger partial charge is 0.258 e. The molecule has 1 aliphatic heterocycles. The fraction of sp³-hybridized carbons (Fsp3) is 0.667. The molecule has 1 saturated carbocycles. The minimum atomic E-state index is -3.72. The molecule has 1 aliphatic carbocycles. The first kappa shape index (κ1) is 15.8. The Morgan fingerprint density at radius 2 is 2.18 bits per heavy atom. The lowest BCUT2D eigenvalue weighted by molar-refractivity contribution is -0.0460. The second-order valence-electron chi connectivity index (χ2n) is 6.26. The van der Waals surface area contributed by atoms with E-state index in [1.165, 1.54) is 13.0 Å². The lowest BCUT2D eigenvalue weighted by Gasteiger charge is -2.45. The monoisotopic (exact) mass is 328 g/mol. The molecule has 122 valence electrons. The minimum Gasteiger partial charge on any atom is -0.378 e. The summed E-state index contributed by atoms with van der Waals surface area (Å²) < 4.78 is 46.4. The highest BCUT2D eigenvalue weighted by Gasteiger charge is 2.46. The molecule has 7 heteroatoms. The Labute approximate surface area is 130 Å². The van der Waals surface area contributed by atoms with Crippen LogP contribution in [0.15, 0.2) is 17.2 Å². The van der Waals surface area contributed by atoms with Crippen LogP contribution in [0.4, 0.5) is 4.39 Å². The SMILES string of the molecule is Cc1nc(S(=O)(=O)NCC2(C3CCCO3)CCC2)ccc1F. The molecule has 1 N–H and O–H groups in total. The molecule has 1 unspecified atom stereocenters. The molecule has 0 radical (unpaired) electrons. The van der Waals surface area contributed by atoms with Gasteiger partial charge in [0.1, 0.15) is 5.82 Å². The molecular weight excluding hydrogens is 307 g/mol. The predicted octanol–water partition coefficient (Wildman–Crippen LogP) is 2.16. The molecule has 0 bridgehead atoms. The van der Waals surface area contributed by atoms with Crippen LogP contribution in [0.3, 0.4) is 0 Å². The molecule has 22 heavy (non-hydrogen) atoms. The summed E-state index contributed by atoms with van der Waals surface area (Å²) in [6.07, 6.45) is 5.25. The molecular formula is C15H21FN2O3S. The lowest BCUT2D eigenvalue weighted by atomic mass is 9.64. The van der Waals surface area contributed by atoms with Crippen molar-refractivity contribution in [1.29, 1.82) is 0 Å². The van der Waals surface area contributed by atoms with Crippen LogP contribution in [0.25, 0.3) is 0 Å². The Morgan fingerprint density at radius 3 is 2.73 bits per heavy atom. The summed E-state index contributed by atoms with van der Waals surface area (Å²) >= 11 is 0. The highest BCUT2D eigenvalue weighted by atomic mass is 32.2. The summed E-state index contributed by atoms with van der Waals surface area (Å²) in [6.45, 7) is 2.57. The molecule has 1 aromatic heterocycles. The molecule has 5 nitrogen and oxygen atoms in total. The van der Waals surface area contributed by atoms with Crippen molar-refractivity contribution in [2.75, 3.05) is 13.2 Å². The normalized spacial score (nSPS) is 24.2. The van der Waals surface area contributed by atoms with Gasteiger partial charge in [0.05, 0.1) is 11.8 Å². The van der Waals surface area contributed by atoms with Gasteiger partial charge in [-0.05, 0) is 44.7 Å². The average Bonchev–Trinajstić information content (AvgIpc) is 2.95. The van der Waals surface area contributed by atoms with Gasteiger partial charge in [-0.25, -0.2) is 22.5 Å². The van der Waals surface area contributed by atoms with E-state index >= 15 is 0 Å². The molecule has 1 aromatic rings. The van der Waals surface area contributed by atoms with Gasteiger partial charge in [-0.3, -0.25) is 0 Å². The molecule has 1 saturated heterocycles. The number of hydrogen-bond acceptors (Lipinski definition) is 4. The Kier molecular flexibility index (Phi) is 4.22. The molecule has 0 amide bonds. The van der Waals surface area contributed by atoms with Gasteiger partial charge in [0, 0.05) is 18.6 Å². The van der Waals surface area contributed by atoms with Gasteiger partial charge in [-0.2, -0.15) is 0 Å². The van der Waals surface area contributed by atoms with Crippen LogP contribution in [-0.2, 0) is 14.8 Å². The summed E-state index contributed by atoms with van der Waals surface area (Å²) in [4.78, 5) is 3.83. The fourth-order valence-electron chi connectivity index (χ4n) is 3.29. The van der Waals surface area contributed by atoms with E-state index in [1.807, 2.05) is 0 Å². The lowest BCUT2D eigenvalue weighted by Crippen LogP contribution is -2.49. The van der Waals surface area contributed by atoms with E-state index < -0.39 is 15.8 Å². The molecule has 2 aliphatic rings. The average molecular weight is 328 g/mol. The topological polar surface area (TPSA) is 68.3 Å². The van der Waals surface area contributed by atoms with Crippen LogP contribution in [0.5, 0.6) is 0 Å². The van der Waals surface area contributed by atoms with E-state index in [4.69, 9.17) is 4.74 Å². The van der Waals surface area contributed by atoms with Gasteiger partial charge < -0.3 is 4.74 Å². The zero-order valence-corrected chi connectivity index (χ0v) is 13.5. The number of nitrogens with one attached hydrogen (secondary N) is 1.